The van der Waals surface area contributed by atoms with Crippen molar-refractivity contribution in [2.45, 2.75) is 0 Å². The molecule has 0 aliphatic heterocycles. The number of anilines is 3. The molecule has 326 valence electrons. The Bertz CT molecular complexity index is 4350. The molecule has 0 aliphatic rings. The number of hydrogen-bond acceptors (Lipinski definition) is 2. The summed E-state index contributed by atoms with van der Waals surface area (Å²) in [4.78, 5) is 2.37. The van der Waals surface area contributed by atoms with Gasteiger partial charge < -0.3 is 9.32 Å². The van der Waals surface area contributed by atoms with Crippen molar-refractivity contribution >= 4 is 92.9 Å². The second-order valence-electron chi connectivity index (χ2n) is 18.5. The van der Waals surface area contributed by atoms with Crippen LogP contribution in [0.15, 0.2) is 265 Å². The molecule has 0 unspecified atom stereocenters. The smallest absolute Gasteiger partial charge is 0.159 e. The molecule has 0 amide bonds. The Morgan fingerprint density at radius 1 is 0.243 bits per heavy atom. The summed E-state index contributed by atoms with van der Waals surface area (Å²) < 4.78 is 7.25. The summed E-state index contributed by atoms with van der Waals surface area (Å²) in [7, 11) is 0. The van der Waals surface area contributed by atoms with Crippen molar-refractivity contribution < 1.29 is 4.42 Å². The largest absolute Gasteiger partial charge is 0.453 e. The Morgan fingerprint density at radius 2 is 0.743 bits per heavy atom. The quantitative estimate of drug-likeness (QED) is 0.159. The van der Waals surface area contributed by atoms with Crippen molar-refractivity contribution in [1.82, 2.24) is 0 Å². The van der Waals surface area contributed by atoms with Gasteiger partial charge in [0.25, 0.3) is 0 Å². The maximum Gasteiger partial charge on any atom is 0.159 e. The van der Waals surface area contributed by atoms with E-state index < -0.39 is 0 Å². The molecule has 13 aromatic carbocycles. The number of rotatable bonds is 7. The van der Waals surface area contributed by atoms with Gasteiger partial charge in [-0.25, -0.2) is 0 Å². The SMILES string of the molecule is c1ccc(-c2cc3ccccc3c3c2oc2c(N(c4ccc(-c5ccc6cc(-c7ccc8ccccc8c7)ccc6c5)cc4)c4ccc5c(-c6ccc7ccccc7c6)cccc5c4)cccc23)cc1. The van der Waals surface area contributed by atoms with E-state index in [2.05, 4.69) is 266 Å². The van der Waals surface area contributed by atoms with Crippen LogP contribution in [-0.4, -0.2) is 0 Å². The summed E-state index contributed by atoms with van der Waals surface area (Å²) in [5, 5.41) is 14.4. The van der Waals surface area contributed by atoms with Crippen LogP contribution >= 0.6 is 0 Å². The van der Waals surface area contributed by atoms with Crippen LogP contribution in [0, 0.1) is 0 Å². The normalized spacial score (nSPS) is 11.7. The van der Waals surface area contributed by atoms with E-state index in [4.69, 9.17) is 4.42 Å². The molecule has 1 heterocycles. The molecular formula is C68H43NO. The fraction of sp³-hybridized carbons (Fsp3) is 0. The maximum absolute atomic E-state index is 7.25. The Kier molecular flexibility index (Phi) is 9.25. The van der Waals surface area contributed by atoms with Gasteiger partial charge in [-0.1, -0.05) is 200 Å². The van der Waals surface area contributed by atoms with Crippen LogP contribution in [0.2, 0.25) is 0 Å². The predicted octanol–water partition coefficient (Wildman–Crippen LogP) is 19.5. The Labute approximate surface area is 405 Å². The van der Waals surface area contributed by atoms with E-state index in [1.165, 1.54) is 81.7 Å². The monoisotopic (exact) mass is 889 g/mol. The second kappa shape index (κ2) is 16.2. The van der Waals surface area contributed by atoms with Gasteiger partial charge in [0, 0.05) is 27.7 Å². The van der Waals surface area contributed by atoms with E-state index in [-0.39, 0.29) is 0 Å². The van der Waals surface area contributed by atoms with Crippen molar-refractivity contribution in [2.24, 2.45) is 0 Å². The molecule has 0 radical (unpaired) electrons. The summed E-state index contributed by atoms with van der Waals surface area (Å²) in [5.74, 6) is 0. The Hall–Kier alpha value is -9.24. The minimum atomic E-state index is 0.845. The van der Waals surface area contributed by atoms with Crippen LogP contribution < -0.4 is 4.90 Å². The number of fused-ring (bicyclic) bond motifs is 9. The molecule has 2 heteroatoms. The molecular weight excluding hydrogens is 847 g/mol. The van der Waals surface area contributed by atoms with Crippen LogP contribution in [0.1, 0.15) is 0 Å². The van der Waals surface area contributed by atoms with Crippen molar-refractivity contribution in [1.29, 1.82) is 0 Å². The first-order chi connectivity index (χ1) is 34.7. The minimum absolute atomic E-state index is 0.845. The van der Waals surface area contributed by atoms with Gasteiger partial charge in [-0.3, -0.25) is 0 Å². The molecule has 0 fully saturated rings. The summed E-state index contributed by atoms with van der Waals surface area (Å²) in [6.45, 7) is 0. The molecule has 0 bridgehead atoms. The standard InChI is InChI=1S/C68H43NO/c1-2-14-47(15-3-1)64-43-56-18-8-9-20-62(56)66-63-22-11-23-65(67(63)70-68(64)66)69(59-36-37-61-55(42-59)19-10-21-60(61)57-31-25-45-13-5-7-17-49(45)41-57)58-34-32-46(33-35-58)50-27-28-53-40-54(30-29-52(53)39-50)51-26-24-44-12-4-6-16-48(44)38-51/h1-43H. The van der Waals surface area contributed by atoms with Crippen molar-refractivity contribution in [3.05, 3.63) is 261 Å². The van der Waals surface area contributed by atoms with Gasteiger partial charge in [-0.15, -0.1) is 0 Å². The van der Waals surface area contributed by atoms with Gasteiger partial charge in [0.1, 0.15) is 5.58 Å². The lowest BCUT2D eigenvalue weighted by atomic mass is 9.95. The number of hydrogen-bond donors (Lipinski definition) is 0. The van der Waals surface area contributed by atoms with E-state index in [1.807, 2.05) is 0 Å². The predicted molar refractivity (Wildman–Crippen MR) is 298 cm³/mol. The number of benzene rings is 13. The molecule has 0 N–H and O–H groups in total. The summed E-state index contributed by atoms with van der Waals surface area (Å²) in [6, 6.07) is 95.0. The molecule has 2 nitrogen and oxygen atoms in total. The molecule has 14 rings (SSSR count). The first-order valence-electron chi connectivity index (χ1n) is 24.0. The highest BCUT2D eigenvalue weighted by atomic mass is 16.3. The van der Waals surface area contributed by atoms with Crippen LogP contribution in [0.3, 0.4) is 0 Å². The highest BCUT2D eigenvalue weighted by molar-refractivity contribution is 6.24. The van der Waals surface area contributed by atoms with Gasteiger partial charge in [0.2, 0.25) is 0 Å². The van der Waals surface area contributed by atoms with Crippen LogP contribution in [0.4, 0.5) is 17.1 Å². The highest BCUT2D eigenvalue weighted by Crippen LogP contribution is 2.47. The minimum Gasteiger partial charge on any atom is -0.453 e. The zero-order valence-electron chi connectivity index (χ0n) is 38.2. The van der Waals surface area contributed by atoms with Gasteiger partial charge in [0.05, 0.1) is 5.69 Å². The Morgan fingerprint density at radius 3 is 1.46 bits per heavy atom. The van der Waals surface area contributed by atoms with Gasteiger partial charge in [0.15, 0.2) is 5.58 Å². The van der Waals surface area contributed by atoms with Crippen LogP contribution in [-0.2, 0) is 0 Å². The highest BCUT2D eigenvalue weighted by Gasteiger charge is 2.23. The molecule has 70 heavy (non-hydrogen) atoms. The number of para-hydroxylation sites is 1. The third kappa shape index (κ3) is 6.72. The zero-order chi connectivity index (χ0) is 46.1. The van der Waals surface area contributed by atoms with E-state index >= 15 is 0 Å². The first kappa shape index (κ1) is 39.9. The van der Waals surface area contributed by atoms with Crippen molar-refractivity contribution in [3.63, 3.8) is 0 Å². The van der Waals surface area contributed by atoms with Gasteiger partial charge >= 0.3 is 0 Å². The molecule has 0 aliphatic carbocycles. The summed E-state index contributed by atoms with van der Waals surface area (Å²) >= 11 is 0. The average molecular weight is 890 g/mol. The van der Waals surface area contributed by atoms with Crippen LogP contribution in [0.5, 0.6) is 0 Å². The van der Waals surface area contributed by atoms with Crippen molar-refractivity contribution in [3.8, 4) is 44.5 Å². The van der Waals surface area contributed by atoms with E-state index in [0.29, 0.717) is 0 Å². The number of nitrogens with zero attached hydrogens (tertiary/aromatic N) is 1. The lowest BCUT2D eigenvalue weighted by Gasteiger charge is -2.26. The Balaban J connectivity index is 0.909. The molecule has 0 saturated carbocycles. The first-order valence-corrected chi connectivity index (χ1v) is 24.0. The van der Waals surface area contributed by atoms with E-state index in [9.17, 15) is 0 Å². The molecule has 0 atom stereocenters. The molecule has 0 saturated heterocycles. The molecule has 14 aromatic rings. The second-order valence-corrected chi connectivity index (χ2v) is 18.5. The molecule has 1 aromatic heterocycles. The van der Waals surface area contributed by atoms with Gasteiger partial charge in [-0.2, -0.15) is 0 Å². The maximum atomic E-state index is 7.25. The fourth-order valence-electron chi connectivity index (χ4n) is 10.9. The van der Waals surface area contributed by atoms with E-state index in [0.717, 1.165) is 55.7 Å². The van der Waals surface area contributed by atoms with Crippen molar-refractivity contribution in [2.75, 3.05) is 4.90 Å². The fourth-order valence-corrected chi connectivity index (χ4v) is 10.9. The lowest BCUT2D eigenvalue weighted by molar-refractivity contribution is 0.670. The third-order valence-electron chi connectivity index (χ3n) is 14.4. The summed E-state index contributed by atoms with van der Waals surface area (Å²) in [6.07, 6.45) is 0. The summed E-state index contributed by atoms with van der Waals surface area (Å²) in [5.41, 5.74) is 14.2. The van der Waals surface area contributed by atoms with Gasteiger partial charge in [-0.05, 0) is 153 Å². The van der Waals surface area contributed by atoms with Crippen LogP contribution in [0.25, 0.3) is 120 Å². The van der Waals surface area contributed by atoms with E-state index in [1.54, 1.807) is 0 Å². The average Bonchev–Trinajstić information content (AvgIpc) is 3.83. The zero-order valence-corrected chi connectivity index (χ0v) is 38.2. The number of furan rings is 1. The third-order valence-corrected chi connectivity index (χ3v) is 14.4. The lowest BCUT2D eigenvalue weighted by Crippen LogP contribution is -2.10. The topological polar surface area (TPSA) is 16.4 Å². The molecule has 0 spiro atoms.